The van der Waals surface area contributed by atoms with Gasteiger partial charge < -0.3 is 14.6 Å². The summed E-state index contributed by atoms with van der Waals surface area (Å²) in [6.45, 7) is 4.55. The van der Waals surface area contributed by atoms with Gasteiger partial charge in [0.15, 0.2) is 0 Å². The standard InChI is InChI=1S/C20H26ClN3O2/c1-26-9-7-22-20(25)11-17-13-23(12-16-4-2-5-18(21)10-16)15-19-6-3-8-24(19)14-17/h2-6,8,10,17H,7,9,11-15H2,1H3,(H,22,25)/t17-/m0/s1. The number of fused-ring (bicyclic) bond motifs is 1. The third-order valence-electron chi connectivity index (χ3n) is 4.68. The highest BCUT2D eigenvalue weighted by Gasteiger charge is 2.23. The van der Waals surface area contributed by atoms with Crippen molar-refractivity contribution in [3.63, 3.8) is 0 Å². The molecule has 0 unspecified atom stereocenters. The van der Waals surface area contributed by atoms with Crippen LogP contribution in [-0.4, -0.2) is 42.2 Å². The predicted octanol–water partition coefficient (Wildman–Crippen LogP) is 2.93. The Kier molecular flexibility index (Phi) is 6.72. The molecular formula is C20H26ClN3O2. The third kappa shape index (κ3) is 5.34. The number of carbonyl (C=O) groups is 1. The Morgan fingerprint density at radius 2 is 2.19 bits per heavy atom. The molecule has 140 valence electrons. The number of amides is 1. The minimum Gasteiger partial charge on any atom is -0.383 e. The normalized spacial score (nSPS) is 17.5. The Balaban J connectivity index is 1.67. The van der Waals surface area contributed by atoms with E-state index >= 15 is 0 Å². The first-order chi connectivity index (χ1) is 12.6. The summed E-state index contributed by atoms with van der Waals surface area (Å²) in [6, 6.07) is 12.2. The molecule has 0 bridgehead atoms. The summed E-state index contributed by atoms with van der Waals surface area (Å²) in [5, 5.41) is 3.69. The van der Waals surface area contributed by atoms with Gasteiger partial charge in [0.1, 0.15) is 0 Å². The van der Waals surface area contributed by atoms with Crippen LogP contribution >= 0.6 is 11.6 Å². The van der Waals surface area contributed by atoms with Crippen molar-refractivity contribution in [2.45, 2.75) is 26.1 Å². The lowest BCUT2D eigenvalue weighted by molar-refractivity contribution is -0.122. The highest BCUT2D eigenvalue weighted by Crippen LogP contribution is 2.22. The van der Waals surface area contributed by atoms with Gasteiger partial charge in [-0.2, -0.15) is 0 Å². The Bertz CT molecular complexity index is 731. The maximum absolute atomic E-state index is 12.2. The lowest BCUT2D eigenvalue weighted by Gasteiger charge is -2.24. The van der Waals surface area contributed by atoms with Gasteiger partial charge in [0.25, 0.3) is 0 Å². The molecule has 1 atom stereocenters. The zero-order valence-corrected chi connectivity index (χ0v) is 15.9. The molecule has 26 heavy (non-hydrogen) atoms. The second kappa shape index (κ2) is 9.21. The first-order valence-corrected chi connectivity index (χ1v) is 9.38. The molecule has 1 N–H and O–H groups in total. The molecule has 1 aliphatic heterocycles. The average Bonchev–Trinajstić information content (AvgIpc) is 2.95. The quantitative estimate of drug-likeness (QED) is 0.757. The SMILES string of the molecule is COCCNC(=O)C[C@H]1CN(Cc2cccc(Cl)c2)Cc2cccn2C1. The fraction of sp³-hybridized carbons (Fsp3) is 0.450. The van der Waals surface area contributed by atoms with Crippen LogP contribution in [0, 0.1) is 5.92 Å². The number of halogens is 1. The fourth-order valence-corrected chi connectivity index (χ4v) is 3.75. The third-order valence-corrected chi connectivity index (χ3v) is 4.91. The molecule has 1 aromatic heterocycles. The Hall–Kier alpha value is -1.82. The van der Waals surface area contributed by atoms with E-state index in [0.29, 0.717) is 19.6 Å². The fourth-order valence-electron chi connectivity index (χ4n) is 3.54. The average molecular weight is 376 g/mol. The molecule has 1 amide bonds. The lowest BCUT2D eigenvalue weighted by Crippen LogP contribution is -2.33. The van der Waals surface area contributed by atoms with Gasteiger partial charge in [0, 0.05) is 63.2 Å². The first kappa shape index (κ1) is 19.0. The van der Waals surface area contributed by atoms with Crippen LogP contribution < -0.4 is 5.32 Å². The molecule has 3 rings (SSSR count). The maximum Gasteiger partial charge on any atom is 0.220 e. The zero-order valence-electron chi connectivity index (χ0n) is 15.2. The van der Waals surface area contributed by atoms with Crippen molar-refractivity contribution in [3.8, 4) is 0 Å². The summed E-state index contributed by atoms with van der Waals surface area (Å²) in [6.07, 6.45) is 2.63. The summed E-state index contributed by atoms with van der Waals surface area (Å²) in [7, 11) is 1.64. The van der Waals surface area contributed by atoms with E-state index in [1.165, 1.54) is 11.3 Å². The van der Waals surface area contributed by atoms with E-state index in [0.717, 1.165) is 31.2 Å². The van der Waals surface area contributed by atoms with Crippen LogP contribution in [0.2, 0.25) is 5.02 Å². The number of ether oxygens (including phenoxy) is 1. The molecule has 0 saturated carbocycles. The molecule has 1 aromatic carbocycles. The topological polar surface area (TPSA) is 46.5 Å². The first-order valence-electron chi connectivity index (χ1n) is 9.00. The molecule has 0 aliphatic carbocycles. The van der Waals surface area contributed by atoms with Crippen molar-refractivity contribution >= 4 is 17.5 Å². The van der Waals surface area contributed by atoms with Crippen molar-refractivity contribution in [2.75, 3.05) is 26.8 Å². The number of rotatable bonds is 7. The summed E-state index contributed by atoms with van der Waals surface area (Å²) in [4.78, 5) is 14.6. The second-order valence-corrected chi connectivity index (χ2v) is 7.30. The number of benzene rings is 1. The number of methoxy groups -OCH3 is 1. The van der Waals surface area contributed by atoms with Crippen molar-refractivity contribution in [3.05, 3.63) is 58.9 Å². The lowest BCUT2D eigenvalue weighted by atomic mass is 10.0. The van der Waals surface area contributed by atoms with Gasteiger partial charge in [0.05, 0.1) is 6.61 Å². The van der Waals surface area contributed by atoms with E-state index in [4.69, 9.17) is 16.3 Å². The molecule has 1 aliphatic rings. The summed E-state index contributed by atoms with van der Waals surface area (Å²) >= 11 is 6.13. The molecular weight excluding hydrogens is 350 g/mol. The summed E-state index contributed by atoms with van der Waals surface area (Å²) in [5.41, 5.74) is 2.48. The summed E-state index contributed by atoms with van der Waals surface area (Å²) < 4.78 is 7.26. The van der Waals surface area contributed by atoms with E-state index in [1.54, 1.807) is 7.11 Å². The number of hydrogen-bond acceptors (Lipinski definition) is 3. The number of hydrogen-bond donors (Lipinski definition) is 1. The zero-order chi connectivity index (χ0) is 18.4. The highest BCUT2D eigenvalue weighted by atomic mass is 35.5. The molecule has 0 saturated heterocycles. The van der Waals surface area contributed by atoms with Crippen molar-refractivity contribution in [1.29, 1.82) is 0 Å². The van der Waals surface area contributed by atoms with E-state index in [9.17, 15) is 4.79 Å². The molecule has 2 aromatic rings. The van der Waals surface area contributed by atoms with E-state index < -0.39 is 0 Å². The van der Waals surface area contributed by atoms with Crippen LogP contribution in [-0.2, 0) is 29.2 Å². The number of carbonyl (C=O) groups excluding carboxylic acids is 1. The van der Waals surface area contributed by atoms with Crippen molar-refractivity contribution in [1.82, 2.24) is 14.8 Å². The van der Waals surface area contributed by atoms with Crippen LogP contribution in [0.25, 0.3) is 0 Å². The van der Waals surface area contributed by atoms with Gasteiger partial charge in [-0.3, -0.25) is 9.69 Å². The van der Waals surface area contributed by atoms with Gasteiger partial charge in [-0.15, -0.1) is 0 Å². The Labute approximate surface area is 159 Å². The van der Waals surface area contributed by atoms with Crippen LogP contribution in [0.4, 0.5) is 0 Å². The van der Waals surface area contributed by atoms with E-state index in [-0.39, 0.29) is 11.8 Å². The molecule has 0 radical (unpaired) electrons. The highest BCUT2D eigenvalue weighted by molar-refractivity contribution is 6.30. The minimum atomic E-state index is 0.0883. The number of nitrogens with one attached hydrogen (secondary N) is 1. The maximum atomic E-state index is 12.2. The van der Waals surface area contributed by atoms with Crippen molar-refractivity contribution in [2.24, 2.45) is 5.92 Å². The van der Waals surface area contributed by atoms with Gasteiger partial charge >= 0.3 is 0 Å². The van der Waals surface area contributed by atoms with Gasteiger partial charge in [-0.05, 0) is 35.7 Å². The smallest absolute Gasteiger partial charge is 0.220 e. The molecule has 2 heterocycles. The largest absolute Gasteiger partial charge is 0.383 e. The number of aromatic nitrogens is 1. The minimum absolute atomic E-state index is 0.0883. The molecule has 6 heteroatoms. The molecule has 0 spiro atoms. The van der Waals surface area contributed by atoms with Gasteiger partial charge in [-0.1, -0.05) is 23.7 Å². The van der Waals surface area contributed by atoms with E-state index in [2.05, 4.69) is 39.2 Å². The summed E-state index contributed by atoms with van der Waals surface area (Å²) in [5.74, 6) is 0.357. The van der Waals surface area contributed by atoms with Crippen LogP contribution in [0.15, 0.2) is 42.6 Å². The Morgan fingerprint density at radius 3 is 3.00 bits per heavy atom. The second-order valence-electron chi connectivity index (χ2n) is 6.86. The van der Waals surface area contributed by atoms with Gasteiger partial charge in [-0.25, -0.2) is 0 Å². The van der Waals surface area contributed by atoms with Crippen LogP contribution in [0.1, 0.15) is 17.7 Å². The Morgan fingerprint density at radius 1 is 1.31 bits per heavy atom. The van der Waals surface area contributed by atoms with Crippen LogP contribution in [0.5, 0.6) is 0 Å². The van der Waals surface area contributed by atoms with E-state index in [1.807, 2.05) is 18.2 Å². The number of nitrogens with zero attached hydrogens (tertiary/aromatic N) is 2. The molecule has 0 fully saturated rings. The molecule has 5 nitrogen and oxygen atoms in total. The van der Waals surface area contributed by atoms with Crippen molar-refractivity contribution < 1.29 is 9.53 Å². The van der Waals surface area contributed by atoms with Crippen LogP contribution in [0.3, 0.4) is 0 Å². The monoisotopic (exact) mass is 375 g/mol. The van der Waals surface area contributed by atoms with Gasteiger partial charge in [0.2, 0.25) is 5.91 Å². The predicted molar refractivity (Wildman–Crippen MR) is 103 cm³/mol.